The zero-order valence-electron chi connectivity index (χ0n) is 9.52. The summed E-state index contributed by atoms with van der Waals surface area (Å²) in [4.78, 5) is 22.6. The monoisotopic (exact) mass is 245 g/mol. The minimum Gasteiger partial charge on any atom is -0.468 e. The van der Waals surface area contributed by atoms with Crippen molar-refractivity contribution in [2.75, 3.05) is 7.11 Å². The molecule has 0 aliphatic carbocycles. The van der Waals surface area contributed by atoms with Crippen LogP contribution in [0.5, 0.6) is 0 Å². The van der Waals surface area contributed by atoms with E-state index in [0.29, 0.717) is 11.7 Å². The number of nitrogens with zero attached hydrogens (tertiary/aromatic N) is 2. The van der Waals surface area contributed by atoms with Crippen molar-refractivity contribution < 1.29 is 9.53 Å². The third-order valence-corrected chi connectivity index (χ3v) is 3.05. The van der Waals surface area contributed by atoms with E-state index in [4.69, 9.17) is 0 Å². The van der Waals surface area contributed by atoms with Gasteiger partial charge in [0.25, 0.3) is 0 Å². The minimum absolute atomic E-state index is 0.249. The van der Waals surface area contributed by atoms with Crippen LogP contribution < -0.4 is 5.69 Å². The molecule has 1 aromatic rings. The molecule has 6 nitrogen and oxygen atoms in total. The average Bonchev–Trinajstić information content (AvgIpc) is 2.61. The lowest BCUT2D eigenvalue weighted by molar-refractivity contribution is -0.139. The highest BCUT2D eigenvalue weighted by atomic mass is 32.2. The number of thioether (sulfide) groups is 1. The van der Waals surface area contributed by atoms with Gasteiger partial charge in [-0.25, -0.2) is 9.89 Å². The second kappa shape index (κ2) is 5.74. The number of nitrogens with one attached hydrogen (secondary N) is 1. The van der Waals surface area contributed by atoms with Crippen LogP contribution >= 0.6 is 11.8 Å². The summed E-state index contributed by atoms with van der Waals surface area (Å²) in [6.45, 7) is 4.27. The number of methoxy groups -OCH3 is 1. The molecule has 16 heavy (non-hydrogen) atoms. The molecule has 0 saturated carbocycles. The highest BCUT2D eigenvalue weighted by Gasteiger charge is 2.18. The van der Waals surface area contributed by atoms with Gasteiger partial charge in [0.2, 0.25) is 0 Å². The van der Waals surface area contributed by atoms with Crippen LogP contribution in [0, 0.1) is 0 Å². The van der Waals surface area contributed by atoms with Gasteiger partial charge in [0.05, 0.1) is 7.11 Å². The standard InChI is InChI=1S/C9H15N3O3S/c1-4-5-12-8(14)10-11-9(12)16-6(2)7(13)15-3/h6H,4-5H2,1-3H3,(H,10,14)/t6-/m0/s1. The van der Waals surface area contributed by atoms with E-state index < -0.39 is 0 Å². The van der Waals surface area contributed by atoms with Crippen LogP contribution in [-0.4, -0.2) is 33.1 Å². The largest absolute Gasteiger partial charge is 0.468 e. The number of H-pyrrole nitrogens is 1. The van der Waals surface area contributed by atoms with Gasteiger partial charge in [-0.05, 0) is 13.3 Å². The molecule has 0 aliphatic rings. The number of aromatic amines is 1. The first-order valence-electron chi connectivity index (χ1n) is 4.99. The molecule has 1 aromatic heterocycles. The first-order valence-corrected chi connectivity index (χ1v) is 5.87. The maximum atomic E-state index is 11.4. The quantitative estimate of drug-likeness (QED) is 0.608. The molecule has 90 valence electrons. The predicted molar refractivity (Wildman–Crippen MR) is 60.5 cm³/mol. The van der Waals surface area contributed by atoms with Crippen LogP contribution in [0.15, 0.2) is 9.95 Å². The Morgan fingerprint density at radius 3 is 2.94 bits per heavy atom. The fourth-order valence-corrected chi connectivity index (χ4v) is 2.09. The van der Waals surface area contributed by atoms with Crippen LogP contribution in [0.1, 0.15) is 20.3 Å². The van der Waals surface area contributed by atoms with Crippen LogP contribution in [0.3, 0.4) is 0 Å². The summed E-state index contributed by atoms with van der Waals surface area (Å²) < 4.78 is 6.12. The molecule has 7 heteroatoms. The molecule has 0 aliphatic heterocycles. The molecule has 0 unspecified atom stereocenters. The van der Waals surface area contributed by atoms with E-state index >= 15 is 0 Å². The second-order valence-electron chi connectivity index (χ2n) is 3.25. The molecule has 1 heterocycles. The van der Waals surface area contributed by atoms with E-state index in [-0.39, 0.29) is 16.9 Å². The highest BCUT2D eigenvalue weighted by molar-refractivity contribution is 8.00. The summed E-state index contributed by atoms with van der Waals surface area (Å²) in [5.74, 6) is -0.330. The van der Waals surface area contributed by atoms with Crippen molar-refractivity contribution in [2.24, 2.45) is 0 Å². The first-order chi connectivity index (χ1) is 7.60. The van der Waals surface area contributed by atoms with Gasteiger partial charge in [0.1, 0.15) is 5.25 Å². The Morgan fingerprint density at radius 2 is 2.38 bits per heavy atom. The number of rotatable bonds is 5. The molecule has 0 radical (unpaired) electrons. The lowest BCUT2D eigenvalue weighted by Gasteiger charge is -2.08. The van der Waals surface area contributed by atoms with Gasteiger partial charge in [-0.2, -0.15) is 0 Å². The summed E-state index contributed by atoms with van der Waals surface area (Å²) in [5.41, 5.74) is -0.249. The van der Waals surface area contributed by atoms with Crippen LogP contribution in [0.4, 0.5) is 0 Å². The SMILES string of the molecule is CCCn1c(S[C@@H](C)C(=O)OC)n[nH]c1=O. The molecule has 0 fully saturated rings. The zero-order valence-corrected chi connectivity index (χ0v) is 10.3. The van der Waals surface area contributed by atoms with E-state index in [9.17, 15) is 9.59 Å². The van der Waals surface area contributed by atoms with Crippen LogP contribution in [-0.2, 0) is 16.1 Å². The van der Waals surface area contributed by atoms with Gasteiger partial charge in [-0.1, -0.05) is 18.7 Å². The Labute approximate surface area is 97.4 Å². The van der Waals surface area contributed by atoms with Crippen LogP contribution in [0.25, 0.3) is 0 Å². The third kappa shape index (κ3) is 2.88. The first kappa shape index (κ1) is 12.8. The van der Waals surface area contributed by atoms with Crippen molar-refractivity contribution in [1.82, 2.24) is 14.8 Å². The highest BCUT2D eigenvalue weighted by Crippen LogP contribution is 2.20. The molecule has 0 amide bonds. The number of carbonyl (C=O) groups excluding carboxylic acids is 1. The van der Waals surface area contributed by atoms with Gasteiger partial charge in [-0.15, -0.1) is 5.10 Å². The molecule has 1 rings (SSSR count). The van der Waals surface area contributed by atoms with Crippen molar-refractivity contribution >= 4 is 17.7 Å². The molecule has 1 atom stereocenters. The minimum atomic E-state index is -0.379. The van der Waals surface area contributed by atoms with Crippen molar-refractivity contribution in [2.45, 2.75) is 37.2 Å². The lowest BCUT2D eigenvalue weighted by Crippen LogP contribution is -2.19. The number of carbonyl (C=O) groups is 1. The van der Waals surface area contributed by atoms with E-state index in [2.05, 4.69) is 14.9 Å². The Morgan fingerprint density at radius 1 is 1.69 bits per heavy atom. The van der Waals surface area contributed by atoms with E-state index in [1.165, 1.54) is 23.4 Å². The topological polar surface area (TPSA) is 77.0 Å². The fraction of sp³-hybridized carbons (Fsp3) is 0.667. The summed E-state index contributed by atoms with van der Waals surface area (Å²) in [5, 5.41) is 6.38. The van der Waals surface area contributed by atoms with Crippen molar-refractivity contribution in [3.8, 4) is 0 Å². The number of hydrogen-bond acceptors (Lipinski definition) is 5. The second-order valence-corrected chi connectivity index (χ2v) is 4.55. The zero-order chi connectivity index (χ0) is 12.1. The molecule has 0 saturated heterocycles. The van der Waals surface area contributed by atoms with E-state index in [0.717, 1.165) is 6.42 Å². The molecular formula is C9H15N3O3S. The third-order valence-electron chi connectivity index (χ3n) is 1.99. The lowest BCUT2D eigenvalue weighted by atomic mass is 10.5. The summed E-state index contributed by atoms with van der Waals surface area (Å²) in [6.07, 6.45) is 0.833. The maximum absolute atomic E-state index is 11.4. The summed E-state index contributed by atoms with van der Waals surface area (Å²) >= 11 is 1.21. The van der Waals surface area contributed by atoms with Crippen molar-refractivity contribution in [3.63, 3.8) is 0 Å². The predicted octanol–water partition coefficient (Wildman–Crippen LogP) is 0.635. The summed E-state index contributed by atoms with van der Waals surface area (Å²) in [7, 11) is 1.34. The number of ether oxygens (including phenoxy) is 1. The number of esters is 1. The molecule has 0 aromatic carbocycles. The Kier molecular flexibility index (Phi) is 4.60. The molecular weight excluding hydrogens is 230 g/mol. The van der Waals surface area contributed by atoms with Gasteiger partial charge in [-0.3, -0.25) is 9.36 Å². The Bertz CT molecular complexity index is 412. The molecule has 0 bridgehead atoms. The van der Waals surface area contributed by atoms with Gasteiger partial charge < -0.3 is 4.74 Å². The number of aromatic nitrogens is 3. The fourth-order valence-electron chi connectivity index (χ4n) is 1.19. The van der Waals surface area contributed by atoms with Crippen LogP contribution in [0.2, 0.25) is 0 Å². The van der Waals surface area contributed by atoms with E-state index in [1.807, 2.05) is 6.92 Å². The number of hydrogen-bond donors (Lipinski definition) is 1. The molecule has 1 N–H and O–H groups in total. The van der Waals surface area contributed by atoms with Crippen molar-refractivity contribution in [1.29, 1.82) is 0 Å². The Hall–Kier alpha value is -1.24. The van der Waals surface area contributed by atoms with Gasteiger partial charge in [0, 0.05) is 6.54 Å². The average molecular weight is 245 g/mol. The summed E-state index contributed by atoms with van der Waals surface area (Å²) in [6, 6.07) is 0. The van der Waals surface area contributed by atoms with Crippen molar-refractivity contribution in [3.05, 3.63) is 10.5 Å². The maximum Gasteiger partial charge on any atom is 0.343 e. The van der Waals surface area contributed by atoms with E-state index in [1.54, 1.807) is 6.92 Å². The Balaban J connectivity index is 2.81. The molecule has 0 spiro atoms. The van der Waals surface area contributed by atoms with Gasteiger partial charge >= 0.3 is 11.7 Å². The normalized spacial score (nSPS) is 12.4. The smallest absolute Gasteiger partial charge is 0.343 e. The van der Waals surface area contributed by atoms with Gasteiger partial charge in [0.15, 0.2) is 5.16 Å².